The Morgan fingerprint density at radius 1 is 1.00 bits per heavy atom. The smallest absolute Gasteiger partial charge is 0.317 e. The summed E-state index contributed by atoms with van der Waals surface area (Å²) in [6.45, 7) is 9.95. The molecule has 1 aromatic rings. The fraction of sp³-hybridized carbons (Fsp3) is 0.667. The van der Waals surface area contributed by atoms with E-state index in [0.29, 0.717) is 32.6 Å². The van der Waals surface area contributed by atoms with Crippen LogP contribution < -0.4 is 5.32 Å². The summed E-state index contributed by atoms with van der Waals surface area (Å²) in [4.78, 5) is 31.1. The van der Waals surface area contributed by atoms with Crippen LogP contribution in [0.15, 0.2) is 24.3 Å². The molecule has 1 aromatic carbocycles. The van der Waals surface area contributed by atoms with Gasteiger partial charge < -0.3 is 15.1 Å². The maximum Gasteiger partial charge on any atom is 0.317 e. The molecule has 31 heavy (non-hydrogen) atoms. The van der Waals surface area contributed by atoms with Crippen LogP contribution >= 0.6 is 0 Å². The van der Waals surface area contributed by atoms with Gasteiger partial charge in [0.1, 0.15) is 5.82 Å². The molecular formula is C24H39FN4O2. The molecule has 1 aliphatic heterocycles. The van der Waals surface area contributed by atoms with E-state index in [2.05, 4.69) is 24.1 Å². The number of unbranched alkanes of at least 4 members (excludes halogenated alkanes) is 3. The van der Waals surface area contributed by atoms with Gasteiger partial charge >= 0.3 is 6.03 Å². The molecule has 6 nitrogen and oxygen atoms in total. The molecule has 2 rings (SSSR count). The Kier molecular flexibility index (Phi) is 11.4. The summed E-state index contributed by atoms with van der Waals surface area (Å²) in [6.07, 6.45) is 5.67. The van der Waals surface area contributed by atoms with Crippen molar-refractivity contribution in [1.82, 2.24) is 20.0 Å². The molecule has 0 radical (unpaired) electrons. The van der Waals surface area contributed by atoms with Crippen molar-refractivity contribution in [2.75, 3.05) is 45.8 Å². The highest BCUT2D eigenvalue weighted by atomic mass is 19.1. The first-order valence-corrected chi connectivity index (χ1v) is 11.8. The zero-order chi connectivity index (χ0) is 22.5. The van der Waals surface area contributed by atoms with E-state index < -0.39 is 0 Å². The third-order valence-electron chi connectivity index (χ3n) is 5.79. The molecule has 1 saturated heterocycles. The normalized spacial score (nSPS) is 14.5. The predicted molar refractivity (Wildman–Crippen MR) is 122 cm³/mol. The summed E-state index contributed by atoms with van der Waals surface area (Å²) in [5, 5.41) is 2.98. The fourth-order valence-electron chi connectivity index (χ4n) is 3.71. The number of carbonyl (C=O) groups excluding carboxylic acids is 2. The van der Waals surface area contributed by atoms with Crippen LogP contribution in [0, 0.1) is 5.82 Å². The predicted octanol–water partition coefficient (Wildman–Crippen LogP) is 3.86. The average molecular weight is 435 g/mol. The molecule has 0 aliphatic carbocycles. The van der Waals surface area contributed by atoms with Gasteiger partial charge in [-0.3, -0.25) is 9.69 Å². The maximum atomic E-state index is 13.2. The molecule has 1 aliphatic rings. The molecule has 0 unspecified atom stereocenters. The molecule has 7 heteroatoms. The summed E-state index contributed by atoms with van der Waals surface area (Å²) in [5.74, 6) is -0.104. The fourth-order valence-corrected chi connectivity index (χ4v) is 3.71. The summed E-state index contributed by atoms with van der Waals surface area (Å²) in [5.41, 5.74) is 0.943. The Balaban J connectivity index is 1.83. The molecule has 0 bridgehead atoms. The highest BCUT2D eigenvalue weighted by molar-refractivity contribution is 5.76. The van der Waals surface area contributed by atoms with Crippen LogP contribution in [0.4, 0.5) is 9.18 Å². The molecule has 174 valence electrons. The first-order chi connectivity index (χ1) is 15.0. The van der Waals surface area contributed by atoms with E-state index in [-0.39, 0.29) is 17.8 Å². The van der Waals surface area contributed by atoms with Gasteiger partial charge in [0.25, 0.3) is 0 Å². The van der Waals surface area contributed by atoms with E-state index >= 15 is 0 Å². The van der Waals surface area contributed by atoms with E-state index in [4.69, 9.17) is 0 Å². The maximum absolute atomic E-state index is 13.2. The Morgan fingerprint density at radius 3 is 2.32 bits per heavy atom. The first-order valence-electron chi connectivity index (χ1n) is 11.8. The number of hydrogen-bond acceptors (Lipinski definition) is 3. The van der Waals surface area contributed by atoms with Crippen molar-refractivity contribution in [3.63, 3.8) is 0 Å². The van der Waals surface area contributed by atoms with E-state index in [1.807, 2.05) is 9.80 Å². The third kappa shape index (κ3) is 9.25. The van der Waals surface area contributed by atoms with Crippen molar-refractivity contribution in [3.05, 3.63) is 35.6 Å². The van der Waals surface area contributed by atoms with Crippen molar-refractivity contribution >= 4 is 11.9 Å². The molecule has 0 spiro atoms. The van der Waals surface area contributed by atoms with Gasteiger partial charge in [-0.05, 0) is 30.5 Å². The minimum absolute atomic E-state index is 0.0251. The van der Waals surface area contributed by atoms with Gasteiger partial charge in [0.2, 0.25) is 5.91 Å². The van der Waals surface area contributed by atoms with Gasteiger partial charge in [0, 0.05) is 58.8 Å². The lowest BCUT2D eigenvalue weighted by atomic mass is 10.1. The second kappa shape index (κ2) is 14.0. The largest absolute Gasteiger partial charge is 0.338 e. The summed E-state index contributed by atoms with van der Waals surface area (Å²) in [7, 11) is 0. The minimum Gasteiger partial charge on any atom is -0.338 e. The zero-order valence-corrected chi connectivity index (χ0v) is 19.2. The Labute approximate surface area is 186 Å². The second-order valence-electron chi connectivity index (χ2n) is 8.31. The van der Waals surface area contributed by atoms with Crippen LogP contribution in [-0.4, -0.2) is 72.5 Å². The number of halogens is 1. The van der Waals surface area contributed by atoms with Gasteiger partial charge in [-0.15, -0.1) is 0 Å². The van der Waals surface area contributed by atoms with Gasteiger partial charge in [0.15, 0.2) is 0 Å². The van der Waals surface area contributed by atoms with E-state index in [1.165, 1.54) is 12.1 Å². The molecule has 1 fully saturated rings. The quantitative estimate of drug-likeness (QED) is 0.508. The van der Waals surface area contributed by atoms with Crippen molar-refractivity contribution in [2.24, 2.45) is 0 Å². The SMILES string of the molecule is CCCCCC(=O)N(CCN1CCN(C(=O)NCCCC)CC1)Cc1ccc(F)cc1. The number of urea groups is 1. The van der Waals surface area contributed by atoms with Gasteiger partial charge in [0.05, 0.1) is 0 Å². The lowest BCUT2D eigenvalue weighted by Crippen LogP contribution is -2.53. The average Bonchev–Trinajstić information content (AvgIpc) is 2.78. The Bertz CT molecular complexity index is 660. The lowest BCUT2D eigenvalue weighted by molar-refractivity contribution is -0.132. The number of nitrogens with zero attached hydrogens (tertiary/aromatic N) is 3. The molecule has 0 saturated carbocycles. The Morgan fingerprint density at radius 2 is 1.68 bits per heavy atom. The minimum atomic E-state index is -0.263. The molecule has 0 aromatic heterocycles. The number of hydrogen-bond donors (Lipinski definition) is 1. The molecule has 0 atom stereocenters. The van der Waals surface area contributed by atoms with Crippen molar-refractivity contribution in [3.8, 4) is 0 Å². The van der Waals surface area contributed by atoms with Gasteiger partial charge in [-0.1, -0.05) is 45.2 Å². The first kappa shape index (κ1) is 25.1. The summed E-state index contributed by atoms with van der Waals surface area (Å²) < 4.78 is 13.2. The summed E-state index contributed by atoms with van der Waals surface area (Å²) in [6, 6.07) is 6.41. The number of carbonyl (C=O) groups is 2. The highest BCUT2D eigenvalue weighted by Crippen LogP contribution is 2.11. The lowest BCUT2D eigenvalue weighted by Gasteiger charge is -2.36. The van der Waals surface area contributed by atoms with E-state index in [1.54, 1.807) is 12.1 Å². The molecule has 3 amide bonds. The summed E-state index contributed by atoms with van der Waals surface area (Å²) >= 11 is 0. The van der Waals surface area contributed by atoms with Crippen LogP contribution in [0.25, 0.3) is 0 Å². The van der Waals surface area contributed by atoms with E-state index in [0.717, 1.165) is 63.8 Å². The number of amides is 3. The van der Waals surface area contributed by atoms with E-state index in [9.17, 15) is 14.0 Å². The van der Waals surface area contributed by atoms with Crippen LogP contribution in [-0.2, 0) is 11.3 Å². The number of benzene rings is 1. The number of piperazine rings is 1. The van der Waals surface area contributed by atoms with Crippen LogP contribution in [0.1, 0.15) is 57.9 Å². The van der Waals surface area contributed by atoms with Crippen molar-refractivity contribution < 1.29 is 14.0 Å². The number of nitrogens with one attached hydrogen (secondary N) is 1. The van der Waals surface area contributed by atoms with Crippen LogP contribution in [0.5, 0.6) is 0 Å². The van der Waals surface area contributed by atoms with Crippen LogP contribution in [0.3, 0.4) is 0 Å². The van der Waals surface area contributed by atoms with Crippen LogP contribution in [0.2, 0.25) is 0 Å². The van der Waals surface area contributed by atoms with Crippen molar-refractivity contribution in [1.29, 1.82) is 0 Å². The second-order valence-corrected chi connectivity index (χ2v) is 8.31. The zero-order valence-electron chi connectivity index (χ0n) is 19.2. The Hall–Kier alpha value is -2.15. The molecular weight excluding hydrogens is 395 g/mol. The topological polar surface area (TPSA) is 55.9 Å². The standard InChI is InChI=1S/C24H39FN4O2/c1-3-5-7-8-23(30)29(20-21-9-11-22(25)12-10-21)19-16-27-14-17-28(18-15-27)24(31)26-13-6-4-2/h9-12H,3-8,13-20H2,1-2H3,(H,26,31). The monoisotopic (exact) mass is 434 g/mol. The molecule has 1 N–H and O–H groups in total. The van der Waals surface area contributed by atoms with Gasteiger partial charge in [-0.25, -0.2) is 9.18 Å². The van der Waals surface area contributed by atoms with Gasteiger partial charge in [-0.2, -0.15) is 0 Å². The third-order valence-corrected chi connectivity index (χ3v) is 5.79. The number of rotatable bonds is 12. The highest BCUT2D eigenvalue weighted by Gasteiger charge is 2.22. The van der Waals surface area contributed by atoms with Crippen molar-refractivity contribution in [2.45, 2.75) is 58.9 Å². The molecule has 1 heterocycles.